The van der Waals surface area contributed by atoms with Crippen molar-refractivity contribution in [2.45, 2.75) is 13.3 Å². The summed E-state index contributed by atoms with van der Waals surface area (Å²) in [6.45, 7) is 1.69. The van der Waals surface area contributed by atoms with E-state index in [1.165, 1.54) is 18.2 Å². The number of anilines is 2. The minimum Gasteiger partial charge on any atom is -0.455 e. The highest BCUT2D eigenvalue weighted by atomic mass is 35.5. The maximum absolute atomic E-state index is 12.3. The van der Waals surface area contributed by atoms with E-state index in [-0.39, 0.29) is 23.9 Å². The lowest BCUT2D eigenvalue weighted by molar-refractivity contribution is -0.151. The smallest absolute Gasteiger partial charge is 0.311 e. The summed E-state index contributed by atoms with van der Waals surface area (Å²) < 4.78 is 5.07. The SMILES string of the molecule is Cc1ccc(N2C[C@H](C(=O)OCC(=O)Nc3ccc(C#N)c(Cl)c3)CC2=O)cc1. The van der Waals surface area contributed by atoms with E-state index in [4.69, 9.17) is 21.6 Å². The molecular weight excluding hydrogens is 394 g/mol. The minimum absolute atomic E-state index is 0.0412. The summed E-state index contributed by atoms with van der Waals surface area (Å²) in [5, 5.41) is 11.6. The molecule has 0 unspecified atom stereocenters. The van der Waals surface area contributed by atoms with Crippen LogP contribution in [-0.2, 0) is 19.1 Å². The van der Waals surface area contributed by atoms with Gasteiger partial charge in [-0.2, -0.15) is 5.26 Å². The Labute approximate surface area is 172 Å². The minimum atomic E-state index is -0.624. The maximum atomic E-state index is 12.3. The predicted molar refractivity (Wildman–Crippen MR) is 107 cm³/mol. The average Bonchev–Trinajstić information content (AvgIpc) is 3.08. The third-order valence-corrected chi connectivity index (χ3v) is 4.84. The molecule has 0 aliphatic carbocycles. The summed E-state index contributed by atoms with van der Waals surface area (Å²) in [7, 11) is 0. The molecular formula is C21H18ClN3O4. The summed E-state index contributed by atoms with van der Waals surface area (Å²) in [4.78, 5) is 38.1. The van der Waals surface area contributed by atoms with Crippen molar-refractivity contribution in [3.63, 3.8) is 0 Å². The molecule has 0 spiro atoms. The van der Waals surface area contributed by atoms with Crippen LogP contribution in [0, 0.1) is 24.2 Å². The van der Waals surface area contributed by atoms with Crippen LogP contribution in [-0.4, -0.2) is 30.9 Å². The number of hydrogen-bond donors (Lipinski definition) is 1. The second-order valence-corrected chi connectivity index (χ2v) is 7.11. The Kier molecular flexibility index (Phi) is 6.15. The molecule has 2 aromatic carbocycles. The van der Waals surface area contributed by atoms with E-state index in [0.29, 0.717) is 11.3 Å². The summed E-state index contributed by atoms with van der Waals surface area (Å²) in [6, 6.07) is 13.8. The normalized spacial score (nSPS) is 15.7. The largest absolute Gasteiger partial charge is 0.455 e. The first-order valence-electron chi connectivity index (χ1n) is 8.90. The molecule has 0 radical (unpaired) electrons. The van der Waals surface area contributed by atoms with Gasteiger partial charge in [0.25, 0.3) is 5.91 Å². The number of halogens is 1. The van der Waals surface area contributed by atoms with Crippen molar-refractivity contribution in [3.05, 3.63) is 58.6 Å². The number of rotatable bonds is 5. The first kappa shape index (κ1) is 20.4. The zero-order chi connectivity index (χ0) is 21.0. The number of esters is 1. The molecule has 2 aromatic rings. The van der Waals surface area contributed by atoms with Crippen molar-refractivity contribution >= 4 is 40.8 Å². The highest BCUT2D eigenvalue weighted by Crippen LogP contribution is 2.26. The Morgan fingerprint density at radius 2 is 2.00 bits per heavy atom. The third kappa shape index (κ3) is 4.92. The molecule has 1 heterocycles. The number of benzene rings is 2. The fourth-order valence-corrected chi connectivity index (χ4v) is 3.20. The summed E-state index contributed by atoms with van der Waals surface area (Å²) in [6.07, 6.45) is 0.0412. The first-order chi connectivity index (χ1) is 13.9. The fourth-order valence-electron chi connectivity index (χ4n) is 2.97. The second kappa shape index (κ2) is 8.76. The molecule has 3 rings (SSSR count). The van der Waals surface area contributed by atoms with Crippen molar-refractivity contribution in [1.29, 1.82) is 5.26 Å². The van der Waals surface area contributed by atoms with Crippen molar-refractivity contribution in [2.24, 2.45) is 5.92 Å². The van der Waals surface area contributed by atoms with Crippen LogP contribution in [0.25, 0.3) is 0 Å². The summed E-state index contributed by atoms with van der Waals surface area (Å²) in [5.74, 6) is -1.92. The van der Waals surface area contributed by atoms with E-state index in [0.717, 1.165) is 11.3 Å². The van der Waals surface area contributed by atoms with Crippen LogP contribution in [0.4, 0.5) is 11.4 Å². The molecule has 0 aromatic heterocycles. The number of carbonyl (C=O) groups is 3. The van der Waals surface area contributed by atoms with Gasteiger partial charge in [0.15, 0.2) is 6.61 Å². The van der Waals surface area contributed by atoms with Crippen molar-refractivity contribution in [1.82, 2.24) is 0 Å². The van der Waals surface area contributed by atoms with Crippen LogP contribution in [0.3, 0.4) is 0 Å². The van der Waals surface area contributed by atoms with E-state index in [9.17, 15) is 14.4 Å². The molecule has 0 bridgehead atoms. The lowest BCUT2D eigenvalue weighted by atomic mass is 10.1. The second-order valence-electron chi connectivity index (χ2n) is 6.70. The van der Waals surface area contributed by atoms with Gasteiger partial charge in [-0.1, -0.05) is 29.3 Å². The lowest BCUT2D eigenvalue weighted by Crippen LogP contribution is -2.28. The molecule has 1 N–H and O–H groups in total. The lowest BCUT2D eigenvalue weighted by Gasteiger charge is -2.16. The van der Waals surface area contributed by atoms with E-state index in [2.05, 4.69) is 5.32 Å². The standard InChI is InChI=1S/C21H18ClN3O4/c1-13-2-6-17(7-3-13)25-11-15(8-20(25)27)21(28)29-12-19(26)24-16-5-4-14(10-23)18(22)9-16/h2-7,9,15H,8,11-12H2,1H3,(H,24,26)/t15-/m1/s1. The zero-order valence-corrected chi connectivity index (χ0v) is 16.4. The van der Waals surface area contributed by atoms with Gasteiger partial charge < -0.3 is 15.0 Å². The van der Waals surface area contributed by atoms with Crippen LogP contribution in [0.5, 0.6) is 0 Å². The molecule has 1 saturated heterocycles. The highest BCUT2D eigenvalue weighted by molar-refractivity contribution is 6.32. The van der Waals surface area contributed by atoms with Gasteiger partial charge in [-0.25, -0.2) is 0 Å². The van der Waals surface area contributed by atoms with Crippen molar-refractivity contribution in [2.75, 3.05) is 23.4 Å². The van der Waals surface area contributed by atoms with Crippen LogP contribution in [0.15, 0.2) is 42.5 Å². The molecule has 7 nitrogen and oxygen atoms in total. The fraction of sp³-hybridized carbons (Fsp3) is 0.238. The molecule has 8 heteroatoms. The first-order valence-corrected chi connectivity index (χ1v) is 9.28. The van der Waals surface area contributed by atoms with Gasteiger partial charge in [0.05, 0.1) is 16.5 Å². The van der Waals surface area contributed by atoms with E-state index >= 15 is 0 Å². The molecule has 1 atom stereocenters. The molecule has 1 aliphatic heterocycles. The average molecular weight is 412 g/mol. The van der Waals surface area contributed by atoms with Crippen LogP contribution < -0.4 is 10.2 Å². The Morgan fingerprint density at radius 1 is 1.28 bits per heavy atom. The Hall–Kier alpha value is -3.37. The maximum Gasteiger partial charge on any atom is 0.311 e. The Bertz CT molecular complexity index is 998. The topological polar surface area (TPSA) is 99.5 Å². The molecule has 1 aliphatic rings. The van der Waals surface area contributed by atoms with Crippen molar-refractivity contribution in [3.8, 4) is 6.07 Å². The molecule has 29 heavy (non-hydrogen) atoms. The van der Waals surface area contributed by atoms with Crippen LogP contribution >= 0.6 is 11.6 Å². The zero-order valence-electron chi connectivity index (χ0n) is 15.6. The van der Waals surface area contributed by atoms with Gasteiger partial charge >= 0.3 is 5.97 Å². The van der Waals surface area contributed by atoms with E-state index in [1.54, 1.807) is 4.90 Å². The summed E-state index contributed by atoms with van der Waals surface area (Å²) >= 11 is 5.92. The number of ether oxygens (including phenoxy) is 1. The number of nitrogens with one attached hydrogen (secondary N) is 1. The van der Waals surface area contributed by atoms with E-state index < -0.39 is 24.4 Å². The summed E-state index contributed by atoms with van der Waals surface area (Å²) in [5.41, 5.74) is 2.48. The molecule has 2 amide bonds. The van der Waals surface area contributed by atoms with Crippen LogP contribution in [0.2, 0.25) is 5.02 Å². The quantitative estimate of drug-likeness (QED) is 0.762. The van der Waals surface area contributed by atoms with Crippen LogP contribution in [0.1, 0.15) is 17.5 Å². The van der Waals surface area contributed by atoms with Gasteiger partial charge in [0.1, 0.15) is 6.07 Å². The van der Waals surface area contributed by atoms with Gasteiger partial charge in [0, 0.05) is 24.3 Å². The number of aryl methyl sites for hydroxylation is 1. The Balaban J connectivity index is 1.52. The molecule has 0 saturated carbocycles. The monoisotopic (exact) mass is 411 g/mol. The Morgan fingerprint density at radius 3 is 2.66 bits per heavy atom. The van der Waals surface area contributed by atoms with Gasteiger partial charge in [-0.3, -0.25) is 14.4 Å². The molecule has 148 valence electrons. The van der Waals surface area contributed by atoms with Gasteiger partial charge in [-0.15, -0.1) is 0 Å². The van der Waals surface area contributed by atoms with Gasteiger partial charge in [-0.05, 0) is 37.3 Å². The predicted octanol–water partition coefficient (Wildman–Crippen LogP) is 3.05. The van der Waals surface area contributed by atoms with Gasteiger partial charge in [0.2, 0.25) is 5.91 Å². The number of nitrogens with zero attached hydrogens (tertiary/aromatic N) is 2. The third-order valence-electron chi connectivity index (χ3n) is 4.52. The molecule has 1 fully saturated rings. The van der Waals surface area contributed by atoms with Crippen molar-refractivity contribution < 1.29 is 19.1 Å². The number of amides is 2. The number of carbonyl (C=O) groups excluding carboxylic acids is 3. The van der Waals surface area contributed by atoms with E-state index in [1.807, 2.05) is 37.3 Å². The number of hydrogen-bond acceptors (Lipinski definition) is 5. The number of nitriles is 1. The highest BCUT2D eigenvalue weighted by Gasteiger charge is 2.36.